The third kappa shape index (κ3) is 2.28. The minimum absolute atomic E-state index is 0.0793. The van der Waals surface area contributed by atoms with Crippen molar-refractivity contribution in [2.75, 3.05) is 16.6 Å². The number of sulfonamides is 1. The van der Waals surface area contributed by atoms with Crippen LogP contribution < -0.4 is 10.0 Å². The number of nitrogens with zero attached hydrogens (tertiary/aromatic N) is 1. The summed E-state index contributed by atoms with van der Waals surface area (Å²) in [6, 6.07) is 4.02. The van der Waals surface area contributed by atoms with Gasteiger partial charge in [0.2, 0.25) is 10.0 Å². The Morgan fingerprint density at radius 1 is 1.53 bits per heavy atom. The zero-order valence-electron chi connectivity index (χ0n) is 9.56. The molecule has 1 aromatic rings. The molecule has 1 aromatic carbocycles. The third-order valence-corrected chi connectivity index (χ3v) is 4.85. The van der Waals surface area contributed by atoms with Crippen LogP contribution in [-0.4, -0.2) is 20.7 Å². The summed E-state index contributed by atoms with van der Waals surface area (Å²) in [5.74, 6) is -0.191. The Kier molecular flexibility index (Phi) is 3.09. The van der Waals surface area contributed by atoms with Gasteiger partial charge in [-0.25, -0.2) is 12.8 Å². The fraction of sp³-hybridized carbons (Fsp3) is 0.455. The molecule has 1 atom stereocenters. The predicted octanol–water partition coefficient (Wildman–Crippen LogP) is 1.07. The van der Waals surface area contributed by atoms with E-state index in [1.807, 2.05) is 6.92 Å². The highest BCUT2D eigenvalue weighted by molar-refractivity contribution is 7.93. The Morgan fingerprint density at radius 2 is 2.24 bits per heavy atom. The van der Waals surface area contributed by atoms with Gasteiger partial charge in [-0.1, -0.05) is 6.92 Å². The molecule has 0 radical (unpaired) electrons. The summed E-state index contributed by atoms with van der Waals surface area (Å²) in [4.78, 5) is 0. The SMILES string of the molecule is CC1CN(c2ccc(F)cc2CN)S(=O)(=O)C1. The van der Waals surface area contributed by atoms with E-state index in [0.717, 1.165) is 0 Å². The Labute approximate surface area is 100 Å². The highest BCUT2D eigenvalue weighted by atomic mass is 32.2. The maximum absolute atomic E-state index is 13.1. The largest absolute Gasteiger partial charge is 0.326 e. The summed E-state index contributed by atoms with van der Waals surface area (Å²) in [7, 11) is -3.28. The van der Waals surface area contributed by atoms with E-state index < -0.39 is 15.8 Å². The lowest BCUT2D eigenvalue weighted by molar-refractivity contribution is 0.597. The first-order valence-corrected chi connectivity index (χ1v) is 7.04. The van der Waals surface area contributed by atoms with E-state index in [1.54, 1.807) is 0 Å². The van der Waals surface area contributed by atoms with Crippen LogP contribution in [0.3, 0.4) is 0 Å². The van der Waals surface area contributed by atoms with Gasteiger partial charge in [-0.2, -0.15) is 0 Å². The van der Waals surface area contributed by atoms with Gasteiger partial charge in [0, 0.05) is 13.1 Å². The van der Waals surface area contributed by atoms with Gasteiger partial charge in [0.15, 0.2) is 0 Å². The van der Waals surface area contributed by atoms with E-state index in [9.17, 15) is 12.8 Å². The van der Waals surface area contributed by atoms with E-state index in [2.05, 4.69) is 0 Å². The fourth-order valence-corrected chi connectivity index (χ4v) is 4.07. The summed E-state index contributed by atoms with van der Waals surface area (Å²) in [6.07, 6.45) is 0. The Morgan fingerprint density at radius 3 is 2.76 bits per heavy atom. The number of hydrogen-bond acceptors (Lipinski definition) is 3. The highest BCUT2D eigenvalue weighted by Gasteiger charge is 2.34. The lowest BCUT2D eigenvalue weighted by Gasteiger charge is -2.20. The number of rotatable bonds is 2. The summed E-state index contributed by atoms with van der Waals surface area (Å²) in [5, 5.41) is 0. The first-order valence-electron chi connectivity index (χ1n) is 5.43. The molecule has 1 saturated heterocycles. The molecule has 0 spiro atoms. The summed E-state index contributed by atoms with van der Waals surface area (Å²) in [6.45, 7) is 2.43. The number of hydrogen-bond donors (Lipinski definition) is 1. The number of nitrogens with two attached hydrogens (primary N) is 1. The first kappa shape index (κ1) is 12.3. The molecule has 2 rings (SSSR count). The van der Waals surface area contributed by atoms with E-state index >= 15 is 0 Å². The zero-order valence-corrected chi connectivity index (χ0v) is 10.4. The van der Waals surface area contributed by atoms with Gasteiger partial charge in [0.1, 0.15) is 5.82 Å². The molecule has 1 heterocycles. The number of halogens is 1. The monoisotopic (exact) mass is 258 g/mol. The van der Waals surface area contributed by atoms with E-state index in [0.29, 0.717) is 17.8 Å². The lowest BCUT2D eigenvalue weighted by Crippen LogP contribution is -2.26. The first-order chi connectivity index (χ1) is 7.94. The van der Waals surface area contributed by atoms with E-state index in [1.165, 1.54) is 22.5 Å². The van der Waals surface area contributed by atoms with Gasteiger partial charge in [-0.15, -0.1) is 0 Å². The van der Waals surface area contributed by atoms with Crippen molar-refractivity contribution in [2.24, 2.45) is 11.7 Å². The fourth-order valence-electron chi connectivity index (χ4n) is 2.11. The topological polar surface area (TPSA) is 63.4 Å². The highest BCUT2D eigenvalue weighted by Crippen LogP contribution is 2.30. The zero-order chi connectivity index (χ0) is 12.6. The third-order valence-electron chi connectivity index (χ3n) is 2.84. The van der Waals surface area contributed by atoms with Gasteiger partial charge in [-0.05, 0) is 29.7 Å². The molecule has 0 saturated carbocycles. The van der Waals surface area contributed by atoms with Crippen molar-refractivity contribution in [2.45, 2.75) is 13.5 Å². The van der Waals surface area contributed by atoms with E-state index in [4.69, 9.17) is 5.73 Å². The molecule has 1 aliphatic heterocycles. The van der Waals surface area contributed by atoms with Crippen LogP contribution in [0.1, 0.15) is 12.5 Å². The predicted molar refractivity (Wildman–Crippen MR) is 64.6 cm³/mol. The molecule has 1 fully saturated rings. The van der Waals surface area contributed by atoms with Gasteiger partial charge < -0.3 is 5.73 Å². The van der Waals surface area contributed by atoms with Crippen LogP contribution in [0.4, 0.5) is 10.1 Å². The molecular weight excluding hydrogens is 243 g/mol. The van der Waals surface area contributed by atoms with Crippen LogP contribution >= 0.6 is 0 Å². The van der Waals surface area contributed by atoms with Crippen molar-refractivity contribution in [3.8, 4) is 0 Å². The van der Waals surface area contributed by atoms with Crippen LogP contribution in [0.2, 0.25) is 0 Å². The standard InChI is InChI=1S/C11H15FN2O2S/c1-8-6-14(17(15,16)7-8)11-3-2-10(12)4-9(11)5-13/h2-4,8H,5-7,13H2,1H3. The summed E-state index contributed by atoms with van der Waals surface area (Å²) >= 11 is 0. The second kappa shape index (κ2) is 4.27. The van der Waals surface area contributed by atoms with Crippen molar-refractivity contribution >= 4 is 15.7 Å². The van der Waals surface area contributed by atoms with Crippen LogP contribution in [0.15, 0.2) is 18.2 Å². The minimum Gasteiger partial charge on any atom is -0.326 e. The summed E-state index contributed by atoms with van der Waals surface area (Å²) in [5.41, 5.74) is 6.54. The molecule has 94 valence electrons. The van der Waals surface area contributed by atoms with Crippen molar-refractivity contribution in [1.29, 1.82) is 0 Å². The number of anilines is 1. The van der Waals surface area contributed by atoms with Crippen LogP contribution in [0.5, 0.6) is 0 Å². The van der Waals surface area contributed by atoms with Gasteiger partial charge in [-0.3, -0.25) is 4.31 Å². The number of benzene rings is 1. The Bertz CT molecular complexity index is 530. The van der Waals surface area contributed by atoms with Crippen molar-refractivity contribution in [3.05, 3.63) is 29.6 Å². The molecule has 0 bridgehead atoms. The van der Waals surface area contributed by atoms with Gasteiger partial charge >= 0.3 is 0 Å². The van der Waals surface area contributed by atoms with Gasteiger partial charge in [0.05, 0.1) is 11.4 Å². The summed E-state index contributed by atoms with van der Waals surface area (Å²) < 4.78 is 38.2. The Hall–Kier alpha value is -1.14. The quantitative estimate of drug-likeness (QED) is 0.863. The van der Waals surface area contributed by atoms with Gasteiger partial charge in [0.25, 0.3) is 0 Å². The maximum Gasteiger partial charge on any atom is 0.235 e. The average Bonchev–Trinajstić information content (AvgIpc) is 2.51. The van der Waals surface area contributed by atoms with Crippen LogP contribution in [0, 0.1) is 11.7 Å². The molecular formula is C11H15FN2O2S. The van der Waals surface area contributed by atoms with Crippen molar-refractivity contribution in [3.63, 3.8) is 0 Å². The lowest BCUT2D eigenvalue weighted by atomic mass is 10.1. The smallest absolute Gasteiger partial charge is 0.235 e. The molecule has 4 nitrogen and oxygen atoms in total. The van der Waals surface area contributed by atoms with Crippen LogP contribution in [-0.2, 0) is 16.6 Å². The normalized spacial score (nSPS) is 23.0. The second-order valence-electron chi connectivity index (χ2n) is 4.39. The second-order valence-corrected chi connectivity index (χ2v) is 6.33. The van der Waals surface area contributed by atoms with Crippen molar-refractivity contribution in [1.82, 2.24) is 0 Å². The molecule has 0 aromatic heterocycles. The average molecular weight is 258 g/mol. The maximum atomic E-state index is 13.1. The minimum atomic E-state index is -3.28. The molecule has 6 heteroatoms. The van der Waals surface area contributed by atoms with E-state index in [-0.39, 0.29) is 18.2 Å². The molecule has 1 unspecified atom stereocenters. The molecule has 0 amide bonds. The van der Waals surface area contributed by atoms with Crippen molar-refractivity contribution < 1.29 is 12.8 Å². The molecule has 2 N–H and O–H groups in total. The molecule has 1 aliphatic rings. The molecule has 17 heavy (non-hydrogen) atoms. The molecule has 0 aliphatic carbocycles. The van der Waals surface area contributed by atoms with Crippen LogP contribution in [0.25, 0.3) is 0 Å². The Balaban J connectivity index is 2.47.